The second-order valence-electron chi connectivity index (χ2n) is 3.59. The molecule has 2 N–H and O–H groups in total. The summed E-state index contributed by atoms with van der Waals surface area (Å²) in [5, 5.41) is 12.6. The van der Waals surface area contributed by atoms with Gasteiger partial charge in [-0.25, -0.2) is 0 Å². The zero-order valence-corrected chi connectivity index (χ0v) is 8.98. The van der Waals surface area contributed by atoms with Crippen molar-refractivity contribution in [2.24, 2.45) is 0 Å². The maximum absolute atomic E-state index is 11.0. The Labute approximate surface area is 82.4 Å². The van der Waals surface area contributed by atoms with Crippen LogP contribution < -0.4 is 5.32 Å². The van der Waals surface area contributed by atoms with Crippen LogP contribution in [-0.4, -0.2) is 39.5 Å². The molecule has 13 heavy (non-hydrogen) atoms. The van der Waals surface area contributed by atoms with Crippen LogP contribution in [0, 0.1) is 0 Å². The van der Waals surface area contributed by atoms with Crippen molar-refractivity contribution in [3.8, 4) is 0 Å². The van der Waals surface area contributed by atoms with E-state index in [4.69, 9.17) is 0 Å². The fraction of sp³-hybridized carbons (Fsp3) is 1.00. The Morgan fingerprint density at radius 3 is 2.69 bits per heavy atom. The van der Waals surface area contributed by atoms with Crippen LogP contribution in [-0.2, 0) is 10.8 Å². The Morgan fingerprint density at radius 2 is 2.15 bits per heavy atom. The van der Waals surface area contributed by atoms with Gasteiger partial charge < -0.3 is 10.4 Å². The summed E-state index contributed by atoms with van der Waals surface area (Å²) >= 11 is 0. The molecular weight excluding hydrogens is 186 g/mol. The number of nitrogens with one attached hydrogen (secondary N) is 1. The van der Waals surface area contributed by atoms with Crippen LogP contribution in [0.4, 0.5) is 0 Å². The summed E-state index contributed by atoms with van der Waals surface area (Å²) < 4.78 is 11.0. The third-order valence-electron chi connectivity index (χ3n) is 2.50. The molecule has 1 heterocycles. The molecule has 1 aliphatic heterocycles. The predicted octanol–water partition coefficient (Wildman–Crippen LogP) is 0.258. The molecule has 0 saturated carbocycles. The van der Waals surface area contributed by atoms with Crippen LogP contribution in [0.25, 0.3) is 0 Å². The first-order valence-corrected chi connectivity index (χ1v) is 6.47. The van der Waals surface area contributed by atoms with Crippen molar-refractivity contribution in [1.82, 2.24) is 5.32 Å². The van der Waals surface area contributed by atoms with Gasteiger partial charge in [0.1, 0.15) is 0 Å². The highest BCUT2D eigenvalue weighted by atomic mass is 32.2. The molecule has 1 atom stereocenters. The minimum Gasteiger partial charge on any atom is -0.392 e. The van der Waals surface area contributed by atoms with Gasteiger partial charge in [-0.3, -0.25) is 4.21 Å². The predicted molar refractivity (Wildman–Crippen MR) is 55.2 cm³/mol. The van der Waals surface area contributed by atoms with Gasteiger partial charge in [0.15, 0.2) is 0 Å². The van der Waals surface area contributed by atoms with E-state index in [0.29, 0.717) is 12.6 Å². The van der Waals surface area contributed by atoms with Crippen LogP contribution in [0.5, 0.6) is 0 Å². The maximum Gasteiger partial charge on any atom is 0.0662 e. The summed E-state index contributed by atoms with van der Waals surface area (Å²) in [6, 6.07) is 0.471. The van der Waals surface area contributed by atoms with Gasteiger partial charge in [-0.2, -0.15) is 0 Å². The zero-order chi connectivity index (χ0) is 9.68. The highest BCUT2D eigenvalue weighted by Gasteiger charge is 2.17. The van der Waals surface area contributed by atoms with Gasteiger partial charge in [0.2, 0.25) is 0 Å². The van der Waals surface area contributed by atoms with Crippen molar-refractivity contribution in [2.45, 2.75) is 38.3 Å². The molecule has 0 aromatic rings. The topological polar surface area (TPSA) is 49.3 Å². The third-order valence-corrected chi connectivity index (χ3v) is 3.88. The number of hydrogen-bond donors (Lipinski definition) is 2. The summed E-state index contributed by atoms with van der Waals surface area (Å²) in [4.78, 5) is 0. The first-order valence-electron chi connectivity index (χ1n) is 4.98. The smallest absolute Gasteiger partial charge is 0.0662 e. The molecule has 0 spiro atoms. The van der Waals surface area contributed by atoms with Gasteiger partial charge in [-0.05, 0) is 19.3 Å². The largest absolute Gasteiger partial charge is 0.392 e. The monoisotopic (exact) mass is 205 g/mol. The average Bonchev–Trinajstić information content (AvgIpc) is 2.16. The van der Waals surface area contributed by atoms with Gasteiger partial charge in [0.25, 0.3) is 0 Å². The molecule has 3 nitrogen and oxygen atoms in total. The molecule has 1 aliphatic rings. The van der Waals surface area contributed by atoms with E-state index < -0.39 is 10.8 Å². The fourth-order valence-corrected chi connectivity index (χ4v) is 2.74. The molecule has 0 aromatic heterocycles. The number of aliphatic hydroxyl groups is 1. The Morgan fingerprint density at radius 1 is 1.54 bits per heavy atom. The lowest BCUT2D eigenvalue weighted by molar-refractivity contribution is 0.162. The molecule has 78 valence electrons. The van der Waals surface area contributed by atoms with E-state index >= 15 is 0 Å². The standard InChI is InChI=1S/C9H19NO2S/c1-2-9(11)7-10-8-3-5-13(12)6-4-8/h8-11H,2-7H2,1H3. The van der Waals surface area contributed by atoms with Gasteiger partial charge in [0, 0.05) is 34.9 Å². The number of aliphatic hydroxyl groups excluding tert-OH is 1. The maximum atomic E-state index is 11.0. The van der Waals surface area contributed by atoms with Crippen LogP contribution in [0.15, 0.2) is 0 Å². The van der Waals surface area contributed by atoms with E-state index in [0.717, 1.165) is 30.8 Å². The molecule has 0 radical (unpaired) electrons. The van der Waals surface area contributed by atoms with Gasteiger partial charge in [-0.15, -0.1) is 0 Å². The number of hydrogen-bond acceptors (Lipinski definition) is 3. The van der Waals surface area contributed by atoms with Crippen LogP contribution >= 0.6 is 0 Å². The quantitative estimate of drug-likeness (QED) is 0.692. The van der Waals surface area contributed by atoms with Gasteiger partial charge >= 0.3 is 0 Å². The Kier molecular flexibility index (Phi) is 4.91. The Hall–Kier alpha value is 0.0700. The molecule has 1 saturated heterocycles. The third kappa shape index (κ3) is 4.20. The van der Waals surface area contributed by atoms with Gasteiger partial charge in [-0.1, -0.05) is 6.92 Å². The first kappa shape index (κ1) is 11.1. The second-order valence-corrected chi connectivity index (χ2v) is 5.29. The van der Waals surface area contributed by atoms with E-state index in [1.165, 1.54) is 0 Å². The van der Waals surface area contributed by atoms with E-state index in [-0.39, 0.29) is 6.10 Å². The fourth-order valence-electron chi connectivity index (χ4n) is 1.44. The Balaban J connectivity index is 2.12. The highest BCUT2D eigenvalue weighted by Crippen LogP contribution is 2.08. The average molecular weight is 205 g/mol. The minimum atomic E-state index is -0.579. The lowest BCUT2D eigenvalue weighted by Gasteiger charge is -2.23. The van der Waals surface area contributed by atoms with Crippen molar-refractivity contribution in [1.29, 1.82) is 0 Å². The van der Waals surface area contributed by atoms with E-state index in [1.807, 2.05) is 6.92 Å². The molecule has 1 rings (SSSR count). The van der Waals surface area contributed by atoms with Crippen molar-refractivity contribution >= 4 is 10.8 Å². The minimum absolute atomic E-state index is 0.229. The van der Waals surface area contributed by atoms with Crippen LogP contribution in [0.1, 0.15) is 26.2 Å². The molecule has 0 bridgehead atoms. The van der Waals surface area contributed by atoms with E-state index in [9.17, 15) is 9.32 Å². The van der Waals surface area contributed by atoms with Gasteiger partial charge in [0.05, 0.1) is 6.10 Å². The number of rotatable bonds is 4. The lowest BCUT2D eigenvalue weighted by atomic mass is 10.1. The van der Waals surface area contributed by atoms with Crippen LogP contribution in [0.2, 0.25) is 0 Å². The SMILES string of the molecule is CCC(O)CNC1CCS(=O)CC1. The van der Waals surface area contributed by atoms with Crippen molar-refractivity contribution in [3.05, 3.63) is 0 Å². The first-order chi connectivity index (χ1) is 6.22. The Bertz CT molecular complexity index is 165. The molecule has 1 unspecified atom stereocenters. The summed E-state index contributed by atoms with van der Waals surface area (Å²) in [6.45, 7) is 2.65. The van der Waals surface area contributed by atoms with E-state index in [2.05, 4.69) is 5.32 Å². The molecule has 0 aliphatic carbocycles. The van der Waals surface area contributed by atoms with Crippen LogP contribution in [0.3, 0.4) is 0 Å². The van der Waals surface area contributed by atoms with Crippen molar-refractivity contribution in [3.63, 3.8) is 0 Å². The molecule has 4 heteroatoms. The second kappa shape index (κ2) is 5.73. The molecule has 0 aromatic carbocycles. The lowest BCUT2D eigenvalue weighted by Crippen LogP contribution is -2.39. The normalized spacial score (nSPS) is 31.5. The highest BCUT2D eigenvalue weighted by molar-refractivity contribution is 7.85. The van der Waals surface area contributed by atoms with E-state index in [1.54, 1.807) is 0 Å². The summed E-state index contributed by atoms with van der Waals surface area (Å²) in [7, 11) is -0.579. The zero-order valence-electron chi connectivity index (χ0n) is 8.16. The molecule has 1 fully saturated rings. The van der Waals surface area contributed by atoms with Crippen molar-refractivity contribution in [2.75, 3.05) is 18.1 Å². The summed E-state index contributed by atoms with van der Waals surface area (Å²) in [6.07, 6.45) is 2.55. The van der Waals surface area contributed by atoms with Crippen molar-refractivity contribution < 1.29 is 9.32 Å². The molecule has 0 amide bonds. The molecular formula is C9H19NO2S. The summed E-state index contributed by atoms with van der Waals surface area (Å²) in [5.41, 5.74) is 0. The summed E-state index contributed by atoms with van der Waals surface area (Å²) in [5.74, 6) is 1.64.